The molecule has 0 aliphatic rings. The summed E-state index contributed by atoms with van der Waals surface area (Å²) in [6, 6.07) is 7.55. The first-order valence-corrected chi connectivity index (χ1v) is 5.29. The van der Waals surface area contributed by atoms with E-state index in [1.165, 1.54) is 0 Å². The molecule has 0 amide bonds. The Morgan fingerprint density at radius 2 is 1.88 bits per heavy atom. The number of hydrogen-bond donors (Lipinski definition) is 1. The van der Waals surface area contributed by atoms with Gasteiger partial charge in [-0.15, -0.1) is 0 Å². The lowest BCUT2D eigenvalue weighted by Gasteiger charge is -2.14. The van der Waals surface area contributed by atoms with Crippen LogP contribution >= 0.6 is 0 Å². The molecule has 0 spiro atoms. The quantitative estimate of drug-likeness (QED) is 0.809. The van der Waals surface area contributed by atoms with Gasteiger partial charge in [-0.1, -0.05) is 17.7 Å². The molecule has 1 aromatic carbocycles. The van der Waals surface area contributed by atoms with Crippen LogP contribution in [0, 0.1) is 6.92 Å². The largest absolute Gasteiger partial charge is 0.492 e. The fourth-order valence-corrected chi connectivity index (χ4v) is 1.20. The van der Waals surface area contributed by atoms with E-state index in [0.717, 1.165) is 11.3 Å². The van der Waals surface area contributed by atoms with E-state index in [4.69, 9.17) is 4.74 Å². The average Bonchev–Trinajstić information content (AvgIpc) is 2.25. The van der Waals surface area contributed by atoms with Gasteiger partial charge < -0.3 is 10.1 Å². The number of halogens is 2. The summed E-state index contributed by atoms with van der Waals surface area (Å²) in [6.45, 7) is 3.90. The second kappa shape index (κ2) is 6.43. The molecule has 0 saturated carbocycles. The zero-order valence-electron chi connectivity index (χ0n) is 9.54. The normalized spacial score (nSPS) is 12.8. The number of benzene rings is 1. The van der Waals surface area contributed by atoms with Gasteiger partial charge in [0, 0.05) is 6.04 Å². The topological polar surface area (TPSA) is 21.3 Å². The minimum atomic E-state index is -2.32. The monoisotopic (exact) mass is 229 g/mol. The summed E-state index contributed by atoms with van der Waals surface area (Å²) in [5.74, 6) is 0.760. The first-order valence-electron chi connectivity index (χ1n) is 5.29. The van der Waals surface area contributed by atoms with Crippen LogP contribution in [0.25, 0.3) is 0 Å². The van der Waals surface area contributed by atoms with E-state index in [1.807, 2.05) is 38.1 Å². The highest BCUT2D eigenvalue weighted by Crippen LogP contribution is 2.11. The lowest BCUT2D eigenvalue weighted by atomic mass is 10.2. The maximum atomic E-state index is 11.9. The molecule has 4 heteroatoms. The third kappa shape index (κ3) is 5.07. The minimum Gasteiger partial charge on any atom is -0.492 e. The lowest BCUT2D eigenvalue weighted by molar-refractivity contribution is 0.137. The van der Waals surface area contributed by atoms with Gasteiger partial charge >= 0.3 is 0 Å². The number of rotatable bonds is 6. The van der Waals surface area contributed by atoms with Crippen LogP contribution in [0.2, 0.25) is 0 Å². The number of hydrogen-bond acceptors (Lipinski definition) is 2. The van der Waals surface area contributed by atoms with Gasteiger partial charge in [0.1, 0.15) is 12.4 Å². The van der Waals surface area contributed by atoms with Crippen LogP contribution in [0.4, 0.5) is 8.78 Å². The SMILES string of the molecule is Cc1ccc(OCC(C)NCC(F)F)cc1. The van der Waals surface area contributed by atoms with Crippen LogP contribution in [0.5, 0.6) is 5.75 Å². The van der Waals surface area contributed by atoms with Crippen LogP contribution in [0.1, 0.15) is 12.5 Å². The average molecular weight is 229 g/mol. The molecule has 0 radical (unpaired) electrons. The predicted octanol–water partition coefficient (Wildman–Crippen LogP) is 2.62. The molecule has 1 atom stereocenters. The smallest absolute Gasteiger partial charge is 0.250 e. The van der Waals surface area contributed by atoms with Gasteiger partial charge in [-0.05, 0) is 26.0 Å². The van der Waals surface area contributed by atoms with Crippen molar-refractivity contribution in [2.24, 2.45) is 0 Å². The third-order valence-corrected chi connectivity index (χ3v) is 2.14. The van der Waals surface area contributed by atoms with E-state index in [1.54, 1.807) is 0 Å². The Balaban J connectivity index is 2.26. The molecular formula is C12H17F2NO. The van der Waals surface area contributed by atoms with Gasteiger partial charge in [-0.3, -0.25) is 0 Å². The molecule has 0 heterocycles. The molecule has 0 fully saturated rings. The second-order valence-corrected chi connectivity index (χ2v) is 3.82. The first kappa shape index (κ1) is 12.9. The van der Waals surface area contributed by atoms with Gasteiger partial charge in [-0.25, -0.2) is 8.78 Å². The van der Waals surface area contributed by atoms with Crippen LogP contribution in [0.15, 0.2) is 24.3 Å². The molecule has 1 unspecified atom stereocenters. The number of ether oxygens (including phenoxy) is 1. The van der Waals surface area contributed by atoms with Crippen molar-refractivity contribution in [3.05, 3.63) is 29.8 Å². The van der Waals surface area contributed by atoms with Gasteiger partial charge in [0.05, 0.1) is 6.54 Å². The highest BCUT2D eigenvalue weighted by atomic mass is 19.3. The Labute approximate surface area is 94.6 Å². The van der Waals surface area contributed by atoms with Crippen molar-refractivity contribution in [2.45, 2.75) is 26.3 Å². The highest BCUT2D eigenvalue weighted by Gasteiger charge is 2.06. The molecule has 2 nitrogen and oxygen atoms in total. The lowest BCUT2D eigenvalue weighted by Crippen LogP contribution is -2.35. The van der Waals surface area contributed by atoms with Gasteiger partial charge in [0.25, 0.3) is 6.43 Å². The second-order valence-electron chi connectivity index (χ2n) is 3.82. The van der Waals surface area contributed by atoms with Crippen molar-refractivity contribution in [1.82, 2.24) is 5.32 Å². The summed E-state index contributed by atoms with van der Waals surface area (Å²) in [5.41, 5.74) is 1.16. The highest BCUT2D eigenvalue weighted by molar-refractivity contribution is 5.26. The summed E-state index contributed by atoms with van der Waals surface area (Å²) < 4.78 is 29.2. The molecule has 0 aromatic heterocycles. The van der Waals surface area contributed by atoms with Crippen molar-refractivity contribution in [3.8, 4) is 5.75 Å². The fraction of sp³-hybridized carbons (Fsp3) is 0.500. The number of nitrogens with one attached hydrogen (secondary N) is 1. The van der Waals surface area contributed by atoms with E-state index in [0.29, 0.717) is 6.61 Å². The Morgan fingerprint density at radius 3 is 2.44 bits per heavy atom. The van der Waals surface area contributed by atoms with E-state index in [2.05, 4.69) is 5.32 Å². The maximum absolute atomic E-state index is 11.9. The Hall–Kier alpha value is -1.16. The van der Waals surface area contributed by atoms with Gasteiger partial charge in [-0.2, -0.15) is 0 Å². The van der Waals surface area contributed by atoms with Crippen molar-refractivity contribution >= 4 is 0 Å². The summed E-state index contributed by atoms with van der Waals surface area (Å²) in [4.78, 5) is 0. The predicted molar refractivity (Wildman–Crippen MR) is 60.1 cm³/mol. The molecule has 1 rings (SSSR count). The first-order chi connectivity index (χ1) is 7.58. The standard InChI is InChI=1S/C12H17F2NO/c1-9-3-5-11(6-4-9)16-8-10(2)15-7-12(13)14/h3-6,10,12,15H,7-8H2,1-2H3. The molecule has 90 valence electrons. The fourth-order valence-electron chi connectivity index (χ4n) is 1.20. The number of alkyl halides is 2. The van der Waals surface area contributed by atoms with E-state index in [9.17, 15) is 8.78 Å². The van der Waals surface area contributed by atoms with Crippen LogP contribution in [0.3, 0.4) is 0 Å². The van der Waals surface area contributed by atoms with Crippen LogP contribution in [-0.2, 0) is 0 Å². The zero-order chi connectivity index (χ0) is 12.0. The van der Waals surface area contributed by atoms with Crippen LogP contribution in [-0.4, -0.2) is 25.6 Å². The third-order valence-electron chi connectivity index (χ3n) is 2.14. The van der Waals surface area contributed by atoms with Crippen molar-refractivity contribution in [2.75, 3.05) is 13.2 Å². The van der Waals surface area contributed by atoms with E-state index >= 15 is 0 Å². The molecule has 0 bridgehead atoms. The van der Waals surface area contributed by atoms with E-state index in [-0.39, 0.29) is 12.6 Å². The zero-order valence-corrected chi connectivity index (χ0v) is 9.54. The van der Waals surface area contributed by atoms with Crippen molar-refractivity contribution in [3.63, 3.8) is 0 Å². The maximum Gasteiger partial charge on any atom is 0.250 e. The molecule has 1 aromatic rings. The summed E-state index contributed by atoms with van der Waals surface area (Å²) >= 11 is 0. The molecule has 16 heavy (non-hydrogen) atoms. The van der Waals surface area contributed by atoms with Gasteiger partial charge in [0.2, 0.25) is 0 Å². The summed E-state index contributed by atoms with van der Waals surface area (Å²) in [7, 11) is 0. The molecule has 1 N–H and O–H groups in total. The minimum absolute atomic E-state index is 0.0877. The van der Waals surface area contributed by atoms with Crippen molar-refractivity contribution < 1.29 is 13.5 Å². The molecule has 0 saturated heterocycles. The Morgan fingerprint density at radius 1 is 1.25 bits per heavy atom. The van der Waals surface area contributed by atoms with Crippen molar-refractivity contribution in [1.29, 1.82) is 0 Å². The summed E-state index contributed by atoms with van der Waals surface area (Å²) in [5, 5.41) is 2.69. The van der Waals surface area contributed by atoms with E-state index < -0.39 is 6.43 Å². The Bertz CT molecular complexity index is 300. The molecule has 0 aliphatic heterocycles. The van der Waals surface area contributed by atoms with Gasteiger partial charge in [0.15, 0.2) is 0 Å². The Kier molecular flexibility index (Phi) is 5.19. The molecular weight excluding hydrogens is 212 g/mol. The van der Waals surface area contributed by atoms with Crippen LogP contribution < -0.4 is 10.1 Å². The summed E-state index contributed by atoms with van der Waals surface area (Å²) in [6.07, 6.45) is -2.32. The molecule has 0 aliphatic carbocycles. The number of aryl methyl sites for hydroxylation is 1.